The van der Waals surface area contributed by atoms with Gasteiger partial charge in [-0.1, -0.05) is 6.07 Å². The zero-order chi connectivity index (χ0) is 13.8. The number of ether oxygens (including phenoxy) is 1. The van der Waals surface area contributed by atoms with Gasteiger partial charge in [0.05, 0.1) is 10.0 Å². The third kappa shape index (κ3) is 3.38. The van der Waals surface area contributed by atoms with E-state index in [2.05, 4.69) is 15.9 Å². The Labute approximate surface area is 117 Å². The molecule has 0 saturated carbocycles. The fourth-order valence-electron chi connectivity index (χ4n) is 1.62. The van der Waals surface area contributed by atoms with Gasteiger partial charge in [-0.15, -0.1) is 0 Å². The fourth-order valence-corrected chi connectivity index (χ4v) is 2.12. The Morgan fingerprint density at radius 2 is 1.84 bits per heavy atom. The Kier molecular flexibility index (Phi) is 4.27. The Hall–Kier alpha value is -1.75. The van der Waals surface area contributed by atoms with Gasteiger partial charge in [0.15, 0.2) is 6.29 Å². The Bertz CT molecular complexity index is 594. The van der Waals surface area contributed by atoms with Crippen LogP contribution in [0.4, 0.5) is 8.78 Å². The predicted octanol–water partition coefficient (Wildman–Crippen LogP) is 4.12. The van der Waals surface area contributed by atoms with E-state index in [0.717, 1.165) is 6.07 Å². The Balaban J connectivity index is 2.21. The predicted molar refractivity (Wildman–Crippen MR) is 70.2 cm³/mol. The number of carbonyl (C=O) groups excluding carboxylic acids is 1. The van der Waals surface area contributed by atoms with Crippen LogP contribution in [0.5, 0.6) is 5.75 Å². The van der Waals surface area contributed by atoms with Crippen LogP contribution in [-0.2, 0) is 6.61 Å². The average molecular weight is 327 g/mol. The molecule has 0 fully saturated rings. The van der Waals surface area contributed by atoms with Crippen molar-refractivity contribution in [3.8, 4) is 5.75 Å². The smallest absolute Gasteiger partial charge is 0.153 e. The van der Waals surface area contributed by atoms with Gasteiger partial charge in [-0.25, -0.2) is 8.78 Å². The molecule has 5 heteroatoms. The minimum Gasteiger partial charge on any atom is -0.487 e. The molecule has 0 aliphatic heterocycles. The monoisotopic (exact) mass is 326 g/mol. The molecule has 0 heterocycles. The molecule has 2 aromatic carbocycles. The summed E-state index contributed by atoms with van der Waals surface area (Å²) >= 11 is 3.26. The van der Waals surface area contributed by atoms with Crippen molar-refractivity contribution in [2.24, 2.45) is 0 Å². The van der Waals surface area contributed by atoms with Gasteiger partial charge in [0.2, 0.25) is 0 Å². The normalized spacial score (nSPS) is 10.3. The van der Waals surface area contributed by atoms with Crippen molar-refractivity contribution >= 4 is 22.2 Å². The van der Waals surface area contributed by atoms with Crippen molar-refractivity contribution in [1.29, 1.82) is 0 Å². The standard InChI is InChI=1S/C14H9BrF2O2/c15-13-3-1-2-10(7-18)14(13)19-8-9-4-11(16)6-12(17)5-9/h1-7H,8H2. The second kappa shape index (κ2) is 5.93. The fraction of sp³-hybridized carbons (Fsp3) is 0.0714. The van der Waals surface area contributed by atoms with E-state index in [-0.39, 0.29) is 6.61 Å². The number of aldehydes is 1. The molecule has 0 N–H and O–H groups in total. The van der Waals surface area contributed by atoms with E-state index in [1.54, 1.807) is 18.2 Å². The molecule has 0 aliphatic carbocycles. The van der Waals surface area contributed by atoms with Crippen molar-refractivity contribution < 1.29 is 18.3 Å². The van der Waals surface area contributed by atoms with E-state index in [9.17, 15) is 13.6 Å². The molecule has 2 nitrogen and oxygen atoms in total. The summed E-state index contributed by atoms with van der Waals surface area (Å²) < 4.78 is 32.1. The van der Waals surface area contributed by atoms with Crippen LogP contribution in [0, 0.1) is 11.6 Å². The summed E-state index contributed by atoms with van der Waals surface area (Å²) in [5.74, 6) is -0.982. The van der Waals surface area contributed by atoms with Crippen molar-refractivity contribution in [3.63, 3.8) is 0 Å². The number of para-hydroxylation sites is 1. The van der Waals surface area contributed by atoms with Crippen LogP contribution in [-0.4, -0.2) is 6.29 Å². The van der Waals surface area contributed by atoms with E-state index in [1.165, 1.54) is 12.1 Å². The maximum absolute atomic E-state index is 13.0. The van der Waals surface area contributed by atoms with Gasteiger partial charge in [0, 0.05) is 6.07 Å². The molecule has 0 spiro atoms. The minimum absolute atomic E-state index is 0.0296. The highest BCUT2D eigenvalue weighted by atomic mass is 79.9. The lowest BCUT2D eigenvalue weighted by atomic mass is 10.2. The molecular formula is C14H9BrF2O2. The number of halogens is 3. The van der Waals surface area contributed by atoms with Crippen LogP contribution in [0.25, 0.3) is 0 Å². The van der Waals surface area contributed by atoms with Crippen LogP contribution in [0.1, 0.15) is 15.9 Å². The van der Waals surface area contributed by atoms with Gasteiger partial charge in [-0.3, -0.25) is 4.79 Å². The molecule has 0 bridgehead atoms. The summed E-state index contributed by atoms with van der Waals surface area (Å²) in [6, 6.07) is 8.16. The van der Waals surface area contributed by atoms with Gasteiger partial charge >= 0.3 is 0 Å². The number of hydrogen-bond acceptors (Lipinski definition) is 2. The lowest BCUT2D eigenvalue weighted by molar-refractivity contribution is 0.111. The van der Waals surface area contributed by atoms with Crippen LogP contribution < -0.4 is 4.74 Å². The highest BCUT2D eigenvalue weighted by Crippen LogP contribution is 2.28. The SMILES string of the molecule is O=Cc1cccc(Br)c1OCc1cc(F)cc(F)c1. The maximum atomic E-state index is 13.0. The van der Waals surface area contributed by atoms with Gasteiger partial charge < -0.3 is 4.74 Å². The van der Waals surface area contributed by atoms with E-state index < -0.39 is 11.6 Å². The highest BCUT2D eigenvalue weighted by Gasteiger charge is 2.08. The molecule has 19 heavy (non-hydrogen) atoms. The van der Waals surface area contributed by atoms with Gasteiger partial charge in [0.1, 0.15) is 24.0 Å². The third-order valence-electron chi connectivity index (χ3n) is 2.43. The lowest BCUT2D eigenvalue weighted by Gasteiger charge is -2.10. The first-order chi connectivity index (χ1) is 9.10. The first-order valence-corrected chi connectivity index (χ1v) is 6.21. The van der Waals surface area contributed by atoms with E-state index in [1.807, 2.05) is 0 Å². The van der Waals surface area contributed by atoms with Crippen molar-refractivity contribution in [3.05, 3.63) is 63.6 Å². The third-order valence-corrected chi connectivity index (χ3v) is 3.05. The molecule has 0 saturated heterocycles. The number of carbonyl (C=O) groups is 1. The van der Waals surface area contributed by atoms with Crippen molar-refractivity contribution in [2.75, 3.05) is 0 Å². The molecule has 0 atom stereocenters. The van der Waals surface area contributed by atoms with Gasteiger partial charge in [-0.05, 0) is 45.8 Å². The summed E-state index contributed by atoms with van der Waals surface area (Å²) in [6.45, 7) is -0.0296. The van der Waals surface area contributed by atoms with Crippen LogP contribution in [0.3, 0.4) is 0 Å². The average Bonchev–Trinajstić information content (AvgIpc) is 2.36. The van der Waals surface area contributed by atoms with Crippen LogP contribution in [0.2, 0.25) is 0 Å². The Morgan fingerprint density at radius 3 is 2.47 bits per heavy atom. The summed E-state index contributed by atoms with van der Waals surface area (Å²) in [5, 5.41) is 0. The van der Waals surface area contributed by atoms with E-state index in [0.29, 0.717) is 27.6 Å². The molecule has 2 aromatic rings. The zero-order valence-electron chi connectivity index (χ0n) is 9.70. The summed E-state index contributed by atoms with van der Waals surface area (Å²) in [7, 11) is 0. The summed E-state index contributed by atoms with van der Waals surface area (Å²) in [5.41, 5.74) is 0.719. The number of benzene rings is 2. The van der Waals surface area contributed by atoms with Gasteiger partial charge in [0.25, 0.3) is 0 Å². The minimum atomic E-state index is -0.665. The first-order valence-electron chi connectivity index (χ1n) is 5.41. The molecule has 2 rings (SSSR count). The molecule has 0 amide bonds. The zero-order valence-corrected chi connectivity index (χ0v) is 11.3. The van der Waals surface area contributed by atoms with Gasteiger partial charge in [-0.2, -0.15) is 0 Å². The number of hydrogen-bond donors (Lipinski definition) is 0. The van der Waals surface area contributed by atoms with Crippen LogP contribution in [0.15, 0.2) is 40.9 Å². The maximum Gasteiger partial charge on any atom is 0.153 e. The topological polar surface area (TPSA) is 26.3 Å². The molecule has 98 valence electrons. The highest BCUT2D eigenvalue weighted by molar-refractivity contribution is 9.10. The second-order valence-electron chi connectivity index (χ2n) is 3.84. The van der Waals surface area contributed by atoms with Crippen molar-refractivity contribution in [1.82, 2.24) is 0 Å². The lowest BCUT2D eigenvalue weighted by Crippen LogP contribution is -2.00. The summed E-state index contributed by atoms with van der Waals surface area (Å²) in [4.78, 5) is 10.9. The van der Waals surface area contributed by atoms with Crippen molar-refractivity contribution in [2.45, 2.75) is 6.61 Å². The largest absolute Gasteiger partial charge is 0.487 e. The summed E-state index contributed by atoms with van der Waals surface area (Å²) in [6.07, 6.45) is 0.659. The Morgan fingerprint density at radius 1 is 1.16 bits per heavy atom. The molecule has 0 radical (unpaired) electrons. The second-order valence-corrected chi connectivity index (χ2v) is 4.70. The molecule has 0 unspecified atom stereocenters. The quantitative estimate of drug-likeness (QED) is 0.790. The molecule has 0 aromatic heterocycles. The van der Waals surface area contributed by atoms with E-state index in [4.69, 9.17) is 4.74 Å². The van der Waals surface area contributed by atoms with Crippen LogP contribution >= 0.6 is 15.9 Å². The van der Waals surface area contributed by atoms with E-state index >= 15 is 0 Å². The molecular weight excluding hydrogens is 318 g/mol. The first kappa shape index (κ1) is 13.7. The number of rotatable bonds is 4. The molecule has 0 aliphatic rings.